The quantitative estimate of drug-likeness (QED) is 0.518. The van der Waals surface area contributed by atoms with Crippen molar-refractivity contribution in [1.82, 2.24) is 15.1 Å². The minimum Gasteiger partial charge on any atom is -0.390 e. The summed E-state index contributed by atoms with van der Waals surface area (Å²) in [4.78, 5) is 31.6. The van der Waals surface area contributed by atoms with Crippen LogP contribution in [-0.2, 0) is 16.1 Å². The summed E-state index contributed by atoms with van der Waals surface area (Å²) in [7, 11) is 0. The van der Waals surface area contributed by atoms with E-state index in [2.05, 4.69) is 55.3 Å². The van der Waals surface area contributed by atoms with Gasteiger partial charge in [0, 0.05) is 32.6 Å². The molecule has 36 heavy (non-hydrogen) atoms. The number of aliphatic hydroxyl groups is 1. The van der Waals surface area contributed by atoms with Crippen molar-refractivity contribution in [3.63, 3.8) is 0 Å². The number of carbonyl (C=O) groups excluding carboxylic acids is 2. The third kappa shape index (κ3) is 6.25. The van der Waals surface area contributed by atoms with Crippen LogP contribution in [0.15, 0.2) is 24.3 Å². The largest absolute Gasteiger partial charge is 0.390 e. The maximum Gasteiger partial charge on any atom is 0.246 e. The van der Waals surface area contributed by atoms with Crippen molar-refractivity contribution in [2.45, 2.75) is 115 Å². The molecule has 202 valence electrons. The lowest BCUT2D eigenvalue weighted by atomic mass is 9.77. The Hall–Kier alpha value is -1.63. The number of benzene rings is 1. The van der Waals surface area contributed by atoms with Crippen LogP contribution >= 0.6 is 12.4 Å². The predicted molar refractivity (Wildman–Crippen MR) is 146 cm³/mol. The molecule has 2 aliphatic heterocycles. The number of rotatable bonds is 8. The van der Waals surface area contributed by atoms with Gasteiger partial charge >= 0.3 is 0 Å². The maximum absolute atomic E-state index is 13.7. The summed E-state index contributed by atoms with van der Waals surface area (Å²) < 4.78 is 0. The van der Waals surface area contributed by atoms with Gasteiger partial charge in [0.05, 0.1) is 5.60 Å². The maximum atomic E-state index is 13.7. The van der Waals surface area contributed by atoms with Gasteiger partial charge in [-0.2, -0.15) is 0 Å². The molecule has 1 spiro atoms. The lowest BCUT2D eigenvalue weighted by Gasteiger charge is -2.52. The zero-order valence-electron chi connectivity index (χ0n) is 22.4. The molecule has 7 heteroatoms. The Kier molecular flexibility index (Phi) is 9.87. The number of carbonyl (C=O) groups is 2. The van der Waals surface area contributed by atoms with Crippen LogP contribution in [-0.4, -0.2) is 63.5 Å². The first-order chi connectivity index (χ1) is 16.8. The van der Waals surface area contributed by atoms with E-state index in [1.807, 2.05) is 4.90 Å². The lowest BCUT2D eigenvalue weighted by molar-refractivity contribution is -0.163. The van der Waals surface area contributed by atoms with Gasteiger partial charge in [-0.1, -0.05) is 70.7 Å². The third-order valence-electron chi connectivity index (χ3n) is 8.65. The Morgan fingerprint density at radius 1 is 1.03 bits per heavy atom. The van der Waals surface area contributed by atoms with Crippen LogP contribution in [0.25, 0.3) is 0 Å². The average Bonchev–Trinajstić information content (AvgIpc) is 2.84. The summed E-state index contributed by atoms with van der Waals surface area (Å²) in [6, 6.07) is 8.25. The average molecular weight is 520 g/mol. The fourth-order valence-corrected chi connectivity index (χ4v) is 6.29. The first kappa shape index (κ1) is 28.9. The van der Waals surface area contributed by atoms with Gasteiger partial charge in [0.2, 0.25) is 11.8 Å². The molecule has 1 atom stereocenters. The Labute approximate surface area is 223 Å². The molecule has 1 aliphatic carbocycles. The Bertz CT molecular complexity index is 874. The van der Waals surface area contributed by atoms with Crippen molar-refractivity contribution in [2.75, 3.05) is 19.6 Å². The van der Waals surface area contributed by atoms with Crippen molar-refractivity contribution in [1.29, 1.82) is 0 Å². The van der Waals surface area contributed by atoms with E-state index in [0.29, 0.717) is 31.7 Å². The van der Waals surface area contributed by atoms with Crippen LogP contribution in [0.4, 0.5) is 0 Å². The fourth-order valence-electron chi connectivity index (χ4n) is 6.29. The molecule has 0 radical (unpaired) electrons. The fraction of sp³-hybridized carbons (Fsp3) is 0.724. The number of piperazine rings is 1. The molecule has 1 aromatic carbocycles. The van der Waals surface area contributed by atoms with Crippen molar-refractivity contribution in [3.8, 4) is 0 Å². The number of nitrogens with one attached hydrogen (secondary N) is 1. The molecular weight excluding hydrogens is 474 g/mol. The topological polar surface area (TPSA) is 72.9 Å². The van der Waals surface area contributed by atoms with Crippen molar-refractivity contribution in [3.05, 3.63) is 35.4 Å². The van der Waals surface area contributed by atoms with Crippen LogP contribution in [0.2, 0.25) is 0 Å². The summed E-state index contributed by atoms with van der Waals surface area (Å²) in [5.41, 5.74) is 1.05. The molecule has 2 N–H and O–H groups in total. The van der Waals surface area contributed by atoms with E-state index in [9.17, 15) is 14.7 Å². The van der Waals surface area contributed by atoms with E-state index in [1.165, 1.54) is 11.1 Å². The summed E-state index contributed by atoms with van der Waals surface area (Å²) in [5, 5.41) is 14.2. The number of halogens is 1. The molecule has 0 bridgehead atoms. The highest BCUT2D eigenvalue weighted by molar-refractivity contribution is 6.00. The number of hydrogen-bond donors (Lipinski definition) is 2. The summed E-state index contributed by atoms with van der Waals surface area (Å²) in [6.07, 6.45) is 8.10. The minimum atomic E-state index is -0.832. The van der Waals surface area contributed by atoms with Crippen LogP contribution in [0.1, 0.15) is 102 Å². The zero-order chi connectivity index (χ0) is 25.1. The number of unbranched alkanes of at least 4 members (excludes halogenated alkanes) is 1. The van der Waals surface area contributed by atoms with Crippen molar-refractivity contribution < 1.29 is 14.7 Å². The number of amides is 2. The predicted octanol–water partition coefficient (Wildman–Crippen LogP) is 4.78. The summed E-state index contributed by atoms with van der Waals surface area (Å²) in [5.74, 6) is 0.520. The molecule has 2 saturated heterocycles. The first-order valence-electron chi connectivity index (χ1n) is 13.9. The molecule has 1 aromatic rings. The van der Waals surface area contributed by atoms with E-state index in [4.69, 9.17) is 0 Å². The van der Waals surface area contributed by atoms with Crippen molar-refractivity contribution >= 4 is 24.2 Å². The monoisotopic (exact) mass is 519 g/mol. The molecular formula is C29H46ClN3O3. The molecule has 6 nitrogen and oxygen atoms in total. The normalized spacial score (nSPS) is 24.0. The molecule has 1 saturated carbocycles. The molecule has 3 aliphatic rings. The molecule has 3 fully saturated rings. The number of piperidine rings is 1. The van der Waals surface area contributed by atoms with Gasteiger partial charge in [0.1, 0.15) is 11.6 Å². The van der Waals surface area contributed by atoms with E-state index >= 15 is 0 Å². The van der Waals surface area contributed by atoms with Crippen LogP contribution < -0.4 is 5.32 Å². The van der Waals surface area contributed by atoms with E-state index < -0.39 is 17.2 Å². The molecule has 2 heterocycles. The molecule has 2 amide bonds. The highest BCUT2D eigenvalue weighted by atomic mass is 35.5. The van der Waals surface area contributed by atoms with Gasteiger partial charge in [-0.15, -0.1) is 12.4 Å². The second kappa shape index (κ2) is 12.3. The molecule has 0 unspecified atom stereocenters. The second-order valence-corrected chi connectivity index (χ2v) is 11.6. The van der Waals surface area contributed by atoms with E-state index in [-0.39, 0.29) is 24.2 Å². The van der Waals surface area contributed by atoms with Crippen molar-refractivity contribution in [2.24, 2.45) is 0 Å². The lowest BCUT2D eigenvalue weighted by Crippen LogP contribution is -2.73. The van der Waals surface area contributed by atoms with Gasteiger partial charge in [-0.3, -0.25) is 14.5 Å². The SMILES string of the molecule is CCCCN1C(=O)[C@@H](CC2(O)CCCCC2)NC(=O)C12CCN(Cc1ccc(C(C)C)cc1)CC2.Cl. The standard InChI is InChI=1S/C29H45N3O3.ClH/c1-4-5-17-32-26(33)25(20-28(35)13-7-6-8-14-28)30-27(34)29(32)15-18-31(19-16-29)21-23-9-11-24(12-10-23)22(2)3;/h9-12,22,25,35H,4-8,13-21H2,1-3H3,(H,30,34);1H/t25-;/m1./s1. The zero-order valence-corrected chi connectivity index (χ0v) is 23.2. The highest BCUT2D eigenvalue weighted by Crippen LogP contribution is 2.37. The Morgan fingerprint density at radius 3 is 2.25 bits per heavy atom. The second-order valence-electron chi connectivity index (χ2n) is 11.6. The van der Waals surface area contributed by atoms with Crippen LogP contribution in [0, 0.1) is 0 Å². The highest BCUT2D eigenvalue weighted by Gasteiger charge is 2.54. The minimum absolute atomic E-state index is 0. The third-order valence-corrected chi connectivity index (χ3v) is 8.65. The smallest absolute Gasteiger partial charge is 0.246 e. The van der Waals surface area contributed by atoms with Gasteiger partial charge < -0.3 is 15.3 Å². The van der Waals surface area contributed by atoms with Gasteiger partial charge in [0.15, 0.2) is 0 Å². The Morgan fingerprint density at radius 2 is 1.67 bits per heavy atom. The number of hydrogen-bond acceptors (Lipinski definition) is 4. The van der Waals surface area contributed by atoms with Crippen LogP contribution in [0.3, 0.4) is 0 Å². The molecule has 0 aromatic heterocycles. The Balaban J connectivity index is 0.00000361. The first-order valence-corrected chi connectivity index (χ1v) is 13.9. The number of likely N-dealkylation sites (tertiary alicyclic amines) is 1. The van der Waals surface area contributed by atoms with E-state index in [1.54, 1.807) is 0 Å². The summed E-state index contributed by atoms with van der Waals surface area (Å²) >= 11 is 0. The van der Waals surface area contributed by atoms with Crippen LogP contribution in [0.5, 0.6) is 0 Å². The van der Waals surface area contributed by atoms with E-state index in [0.717, 1.165) is 64.6 Å². The van der Waals surface area contributed by atoms with Gasteiger partial charge in [-0.05, 0) is 49.1 Å². The number of nitrogens with zero attached hydrogens (tertiary/aromatic N) is 2. The molecule has 4 rings (SSSR count). The summed E-state index contributed by atoms with van der Waals surface area (Å²) in [6.45, 7) is 9.62. The van der Waals surface area contributed by atoms with Gasteiger partial charge in [-0.25, -0.2) is 0 Å². The van der Waals surface area contributed by atoms with Gasteiger partial charge in [0.25, 0.3) is 0 Å².